The molecular formula is C21H23N7O2. The first-order valence-corrected chi connectivity index (χ1v) is 9.14. The summed E-state index contributed by atoms with van der Waals surface area (Å²) in [7, 11) is 3.22. The summed E-state index contributed by atoms with van der Waals surface area (Å²) in [4.78, 5) is 17.4. The molecule has 0 spiro atoms. The Balaban J connectivity index is 1.84. The second kappa shape index (κ2) is 10.1. The number of hydrogen-bond donors (Lipinski definition) is 2. The minimum atomic E-state index is 0.0943. The number of nitrogen functional groups attached to an aromatic ring is 1. The fourth-order valence-corrected chi connectivity index (χ4v) is 2.83. The summed E-state index contributed by atoms with van der Waals surface area (Å²) in [5.74, 6) is 6.35. The van der Waals surface area contributed by atoms with Gasteiger partial charge in [0.25, 0.3) is 0 Å². The molecule has 0 saturated heterocycles. The molecule has 0 unspecified atom stereocenters. The molecule has 2 aromatic heterocycles. The van der Waals surface area contributed by atoms with Gasteiger partial charge in [0.2, 0.25) is 5.95 Å². The van der Waals surface area contributed by atoms with Crippen LogP contribution in [-0.4, -0.2) is 41.1 Å². The fourth-order valence-electron chi connectivity index (χ4n) is 2.83. The lowest BCUT2D eigenvalue weighted by atomic mass is 10.1. The van der Waals surface area contributed by atoms with Gasteiger partial charge in [0.15, 0.2) is 0 Å². The number of anilines is 1. The maximum Gasteiger partial charge on any atom is 0.221 e. The van der Waals surface area contributed by atoms with Crippen molar-refractivity contribution in [3.63, 3.8) is 0 Å². The third-order valence-electron chi connectivity index (χ3n) is 4.15. The molecule has 4 N–H and O–H groups in total. The predicted molar refractivity (Wildman–Crippen MR) is 116 cm³/mol. The van der Waals surface area contributed by atoms with Crippen LogP contribution in [0.5, 0.6) is 5.75 Å². The van der Waals surface area contributed by atoms with Crippen molar-refractivity contribution in [2.45, 2.75) is 13.2 Å². The average Bonchev–Trinajstić information content (AvgIpc) is 2.77. The molecule has 0 radical (unpaired) electrons. The van der Waals surface area contributed by atoms with Gasteiger partial charge in [-0.25, -0.2) is 9.97 Å². The van der Waals surface area contributed by atoms with Crippen LogP contribution in [0, 0.1) is 0 Å². The van der Waals surface area contributed by atoms with Gasteiger partial charge in [0.05, 0.1) is 49.3 Å². The Morgan fingerprint density at radius 2 is 1.83 bits per heavy atom. The lowest BCUT2D eigenvalue weighted by molar-refractivity contribution is 0.181. The molecule has 3 rings (SSSR count). The number of benzene rings is 1. The zero-order valence-electron chi connectivity index (χ0n) is 16.8. The Kier molecular flexibility index (Phi) is 7.01. The Hall–Kier alpha value is -3.85. The number of nitrogens with two attached hydrogens (primary N) is 2. The van der Waals surface area contributed by atoms with Crippen LogP contribution in [0.2, 0.25) is 0 Å². The summed E-state index contributed by atoms with van der Waals surface area (Å²) in [6.45, 7) is 0.801. The number of para-hydroxylation sites is 1. The van der Waals surface area contributed by atoms with E-state index in [1.165, 1.54) is 0 Å². The van der Waals surface area contributed by atoms with Crippen molar-refractivity contribution in [3.05, 3.63) is 65.6 Å². The number of pyridine rings is 1. The van der Waals surface area contributed by atoms with Crippen LogP contribution < -0.4 is 16.3 Å². The highest BCUT2D eigenvalue weighted by Crippen LogP contribution is 2.28. The number of hydrogen-bond acceptors (Lipinski definition) is 9. The second-order valence-electron chi connectivity index (χ2n) is 6.23. The standard InChI is InChI=1S/C21H23N7O2/c1-29-13-15-7-5-6-14(25-15)11-24-12-19(28-23)18-10-17(26-21(22)27-18)16-8-3-4-9-20(16)30-2/h3-10,12H,11,13,23H2,1-2H3,(H2,22,26,27). The topological polar surface area (TPSA) is 134 Å². The van der Waals surface area contributed by atoms with E-state index in [0.717, 1.165) is 17.0 Å². The highest BCUT2D eigenvalue weighted by Gasteiger charge is 2.12. The molecular weight excluding hydrogens is 382 g/mol. The van der Waals surface area contributed by atoms with E-state index in [4.69, 9.17) is 21.1 Å². The van der Waals surface area contributed by atoms with Crippen molar-refractivity contribution in [2.75, 3.05) is 20.0 Å². The van der Waals surface area contributed by atoms with Gasteiger partial charge in [0, 0.05) is 12.7 Å². The molecule has 9 heteroatoms. The van der Waals surface area contributed by atoms with Gasteiger partial charge in [-0.3, -0.25) is 9.98 Å². The van der Waals surface area contributed by atoms with Crippen LogP contribution >= 0.6 is 0 Å². The van der Waals surface area contributed by atoms with Gasteiger partial charge in [-0.2, -0.15) is 5.10 Å². The van der Waals surface area contributed by atoms with E-state index in [0.29, 0.717) is 36.0 Å². The number of ether oxygens (including phenoxy) is 2. The minimum absolute atomic E-state index is 0.0943. The molecule has 0 saturated carbocycles. The Labute approximate surface area is 174 Å². The molecule has 0 aliphatic carbocycles. The van der Waals surface area contributed by atoms with Crippen molar-refractivity contribution < 1.29 is 9.47 Å². The number of rotatable bonds is 8. The highest BCUT2D eigenvalue weighted by molar-refractivity contribution is 6.37. The number of aliphatic imine (C=N–C) groups is 1. The molecule has 30 heavy (non-hydrogen) atoms. The van der Waals surface area contributed by atoms with E-state index in [1.807, 2.05) is 42.5 Å². The molecule has 1 aromatic carbocycles. The first-order valence-electron chi connectivity index (χ1n) is 9.14. The van der Waals surface area contributed by atoms with Gasteiger partial charge in [-0.1, -0.05) is 18.2 Å². The van der Waals surface area contributed by atoms with Crippen LogP contribution in [0.3, 0.4) is 0 Å². The second-order valence-corrected chi connectivity index (χ2v) is 6.23. The lowest BCUT2D eigenvalue weighted by Gasteiger charge is -2.09. The van der Waals surface area contributed by atoms with Gasteiger partial charge >= 0.3 is 0 Å². The Morgan fingerprint density at radius 3 is 2.60 bits per heavy atom. The van der Waals surface area contributed by atoms with Crippen LogP contribution in [0.1, 0.15) is 17.1 Å². The summed E-state index contributed by atoms with van der Waals surface area (Å²) >= 11 is 0. The van der Waals surface area contributed by atoms with Gasteiger partial charge in [-0.05, 0) is 30.3 Å². The molecule has 0 bridgehead atoms. The van der Waals surface area contributed by atoms with E-state index >= 15 is 0 Å². The van der Waals surface area contributed by atoms with E-state index in [-0.39, 0.29) is 5.95 Å². The van der Waals surface area contributed by atoms with Crippen molar-refractivity contribution >= 4 is 17.9 Å². The average molecular weight is 405 g/mol. The van der Waals surface area contributed by atoms with Crippen molar-refractivity contribution in [1.29, 1.82) is 0 Å². The third-order valence-corrected chi connectivity index (χ3v) is 4.15. The smallest absolute Gasteiger partial charge is 0.221 e. The summed E-state index contributed by atoms with van der Waals surface area (Å²) in [6.07, 6.45) is 1.54. The summed E-state index contributed by atoms with van der Waals surface area (Å²) in [5.41, 5.74) is 9.76. The largest absolute Gasteiger partial charge is 0.496 e. The van der Waals surface area contributed by atoms with E-state index < -0.39 is 0 Å². The van der Waals surface area contributed by atoms with E-state index in [2.05, 4.69) is 25.0 Å². The van der Waals surface area contributed by atoms with Crippen LogP contribution in [0.4, 0.5) is 5.95 Å². The zero-order valence-corrected chi connectivity index (χ0v) is 16.8. The molecule has 0 aliphatic heterocycles. The minimum Gasteiger partial charge on any atom is -0.496 e. The molecule has 0 amide bonds. The normalized spacial score (nSPS) is 11.7. The van der Waals surface area contributed by atoms with Crippen molar-refractivity contribution in [2.24, 2.45) is 15.9 Å². The Morgan fingerprint density at radius 1 is 1.03 bits per heavy atom. The first kappa shape index (κ1) is 20.9. The monoisotopic (exact) mass is 405 g/mol. The molecule has 0 aliphatic rings. The number of nitrogens with zero attached hydrogens (tertiary/aromatic N) is 5. The SMILES string of the molecule is COCc1cccc(CN=CC(=NN)c2cc(-c3ccccc3OC)nc(N)n2)n1. The zero-order chi connectivity index (χ0) is 21.3. The van der Waals surface area contributed by atoms with Gasteiger partial charge in [0.1, 0.15) is 11.5 Å². The molecule has 2 heterocycles. The predicted octanol–water partition coefficient (Wildman–Crippen LogP) is 2.21. The fraction of sp³-hybridized carbons (Fsp3) is 0.190. The maximum absolute atomic E-state index is 5.92. The number of aromatic nitrogens is 3. The lowest BCUT2D eigenvalue weighted by Crippen LogP contribution is -2.11. The third kappa shape index (κ3) is 5.15. The molecule has 9 nitrogen and oxygen atoms in total. The van der Waals surface area contributed by atoms with Crippen molar-refractivity contribution in [3.8, 4) is 17.0 Å². The number of methoxy groups -OCH3 is 2. The molecule has 0 fully saturated rings. The van der Waals surface area contributed by atoms with Crippen molar-refractivity contribution in [1.82, 2.24) is 15.0 Å². The van der Waals surface area contributed by atoms with E-state index in [1.54, 1.807) is 26.5 Å². The van der Waals surface area contributed by atoms with Crippen LogP contribution in [0.15, 0.2) is 58.6 Å². The molecule has 0 atom stereocenters. The number of hydrazone groups is 1. The summed E-state index contributed by atoms with van der Waals surface area (Å²) in [6, 6.07) is 14.9. The maximum atomic E-state index is 5.92. The quantitative estimate of drug-likeness (QED) is 0.333. The Bertz CT molecular complexity index is 1070. The highest BCUT2D eigenvalue weighted by atomic mass is 16.5. The van der Waals surface area contributed by atoms with Gasteiger partial charge < -0.3 is 21.1 Å². The van der Waals surface area contributed by atoms with E-state index in [9.17, 15) is 0 Å². The van der Waals surface area contributed by atoms with Crippen LogP contribution in [-0.2, 0) is 17.9 Å². The van der Waals surface area contributed by atoms with Gasteiger partial charge in [-0.15, -0.1) is 0 Å². The molecule has 3 aromatic rings. The summed E-state index contributed by atoms with van der Waals surface area (Å²) < 4.78 is 10.5. The molecule has 154 valence electrons. The first-order chi connectivity index (χ1) is 14.6. The summed E-state index contributed by atoms with van der Waals surface area (Å²) in [5, 5.41) is 3.80. The van der Waals surface area contributed by atoms with Crippen LogP contribution in [0.25, 0.3) is 11.3 Å².